The molecule has 0 spiro atoms. The molecule has 9 nitrogen and oxygen atoms in total. The summed E-state index contributed by atoms with van der Waals surface area (Å²) >= 11 is 6.26. The van der Waals surface area contributed by atoms with Gasteiger partial charge in [-0.2, -0.15) is 0 Å². The van der Waals surface area contributed by atoms with Crippen LogP contribution in [0.5, 0.6) is 0 Å². The lowest BCUT2D eigenvalue weighted by atomic mass is 9.91. The molecule has 6 heterocycles. The Bertz CT molecular complexity index is 2350. The van der Waals surface area contributed by atoms with Crippen molar-refractivity contribution in [1.82, 2.24) is 34.9 Å². The highest BCUT2D eigenvalue weighted by Gasteiger charge is 2.31. The highest BCUT2D eigenvalue weighted by Crippen LogP contribution is 2.37. The average Bonchev–Trinajstić information content (AvgIpc) is 3.69. The number of benzene rings is 2. The van der Waals surface area contributed by atoms with Crippen molar-refractivity contribution in [3.05, 3.63) is 113 Å². The van der Waals surface area contributed by atoms with Crippen molar-refractivity contribution >= 4 is 66.9 Å². The molecule has 8 aromatic rings. The van der Waals surface area contributed by atoms with Gasteiger partial charge in [0.1, 0.15) is 17.2 Å². The number of carbonyl (C=O) groups excluding carboxylic acids is 2. The Kier molecular flexibility index (Phi) is 7.30. The van der Waals surface area contributed by atoms with Gasteiger partial charge in [0.05, 0.1) is 33.2 Å². The highest BCUT2D eigenvalue weighted by molar-refractivity contribution is 6.52. The number of carbonyl (C=O) groups is 2. The van der Waals surface area contributed by atoms with E-state index in [9.17, 15) is 9.59 Å². The molecular weight excluding hydrogens is 598 g/mol. The predicted octanol–water partition coefficient (Wildman–Crippen LogP) is 8.32. The number of pyridine rings is 4. The molecule has 0 atom stereocenters. The molecule has 0 fully saturated rings. The molecule has 0 saturated carbocycles. The molecule has 0 amide bonds. The summed E-state index contributed by atoms with van der Waals surface area (Å²) in [5, 5.41) is 3.75. The molecule has 6 aromatic heterocycles. The van der Waals surface area contributed by atoms with Crippen LogP contribution >= 0.6 is 11.6 Å². The monoisotopic (exact) mass is 623 g/mol. The number of nitrogens with zero attached hydrogens (tertiary/aromatic N) is 5. The van der Waals surface area contributed by atoms with E-state index in [4.69, 9.17) is 16.6 Å². The molecule has 0 aliphatic heterocycles. The van der Waals surface area contributed by atoms with Crippen molar-refractivity contribution in [2.75, 3.05) is 0 Å². The molecule has 1 aliphatic rings. The van der Waals surface area contributed by atoms with Crippen molar-refractivity contribution in [1.29, 1.82) is 0 Å². The Morgan fingerprint density at radius 1 is 0.630 bits per heavy atom. The summed E-state index contributed by atoms with van der Waals surface area (Å²) in [5.41, 5.74) is 8.35. The van der Waals surface area contributed by atoms with Gasteiger partial charge in [-0.25, -0.2) is 4.98 Å². The van der Waals surface area contributed by atoms with Gasteiger partial charge < -0.3 is 9.97 Å². The average molecular weight is 624 g/mol. The summed E-state index contributed by atoms with van der Waals surface area (Å²) in [7, 11) is 0. The number of aryl methyl sites for hydroxylation is 1. The van der Waals surface area contributed by atoms with E-state index in [1.807, 2.05) is 50.2 Å². The van der Waals surface area contributed by atoms with Crippen LogP contribution in [0.15, 0.2) is 91.5 Å². The SMILES string of the molecule is CC.Cc1[nH]c2ccc(Cl)cc2c1-c1nc2c3cccnc3c3ncccc3c2[nH]1.O=C1C(=O)c2cccnc2-c2ncccc21. The van der Waals surface area contributed by atoms with Crippen LogP contribution in [-0.2, 0) is 0 Å². The fourth-order valence-electron chi connectivity index (χ4n) is 5.87. The summed E-state index contributed by atoms with van der Waals surface area (Å²) in [6.07, 6.45) is 6.76. The number of hydrogen-bond acceptors (Lipinski definition) is 7. The first-order valence-corrected chi connectivity index (χ1v) is 15.2. The van der Waals surface area contributed by atoms with E-state index < -0.39 is 11.6 Å². The first kappa shape index (κ1) is 28.9. The molecule has 46 heavy (non-hydrogen) atoms. The maximum Gasteiger partial charge on any atom is 0.235 e. The fourth-order valence-corrected chi connectivity index (χ4v) is 6.04. The number of imidazole rings is 1. The Balaban J connectivity index is 0.000000160. The third-order valence-electron chi connectivity index (χ3n) is 7.79. The summed E-state index contributed by atoms with van der Waals surface area (Å²) in [5.74, 6) is -0.213. The number of aromatic amines is 2. The number of fused-ring (bicyclic) bond motifs is 10. The van der Waals surface area contributed by atoms with E-state index in [-0.39, 0.29) is 0 Å². The summed E-state index contributed by atoms with van der Waals surface area (Å²) in [6, 6.07) is 20.3. The lowest BCUT2D eigenvalue weighted by molar-refractivity contribution is 0.0814. The molecule has 1 aliphatic carbocycles. The van der Waals surface area contributed by atoms with Gasteiger partial charge in [0.15, 0.2) is 0 Å². The number of halogens is 1. The normalized spacial score (nSPS) is 12.0. The topological polar surface area (TPSA) is 130 Å². The number of hydrogen-bond donors (Lipinski definition) is 2. The molecule has 0 unspecified atom stereocenters. The van der Waals surface area contributed by atoms with Crippen LogP contribution in [0, 0.1) is 6.92 Å². The lowest BCUT2D eigenvalue weighted by Crippen LogP contribution is -2.22. The van der Waals surface area contributed by atoms with Gasteiger partial charge >= 0.3 is 0 Å². The van der Waals surface area contributed by atoms with E-state index in [2.05, 4.69) is 42.9 Å². The third-order valence-corrected chi connectivity index (χ3v) is 8.02. The van der Waals surface area contributed by atoms with Crippen LogP contribution in [0.25, 0.3) is 66.5 Å². The zero-order chi connectivity index (χ0) is 31.9. The van der Waals surface area contributed by atoms with Crippen molar-refractivity contribution in [3.63, 3.8) is 0 Å². The quantitative estimate of drug-likeness (QED) is 0.139. The summed E-state index contributed by atoms with van der Waals surface area (Å²) in [6.45, 7) is 6.05. The first-order valence-electron chi connectivity index (χ1n) is 14.8. The van der Waals surface area contributed by atoms with Crippen LogP contribution in [0.1, 0.15) is 40.3 Å². The second-order valence-electron chi connectivity index (χ2n) is 10.4. The Labute approximate surface area is 267 Å². The molecular formula is C36H26ClN7O2. The molecule has 0 radical (unpaired) electrons. The fraction of sp³-hybridized carbons (Fsp3) is 0.0833. The second kappa shape index (κ2) is 11.6. The van der Waals surface area contributed by atoms with E-state index in [0.29, 0.717) is 27.5 Å². The predicted molar refractivity (Wildman–Crippen MR) is 181 cm³/mol. The van der Waals surface area contributed by atoms with Crippen LogP contribution < -0.4 is 0 Å². The molecule has 2 aromatic carbocycles. The van der Waals surface area contributed by atoms with E-state index in [1.54, 1.807) is 49.1 Å². The van der Waals surface area contributed by atoms with Crippen molar-refractivity contribution < 1.29 is 9.59 Å². The van der Waals surface area contributed by atoms with E-state index in [1.165, 1.54) is 0 Å². The number of H-pyrrole nitrogens is 2. The van der Waals surface area contributed by atoms with E-state index in [0.717, 1.165) is 60.8 Å². The number of ketones is 2. The molecule has 0 saturated heterocycles. The van der Waals surface area contributed by atoms with Gasteiger partial charge in [-0.3, -0.25) is 29.5 Å². The summed E-state index contributed by atoms with van der Waals surface area (Å²) in [4.78, 5) is 52.9. The largest absolute Gasteiger partial charge is 0.358 e. The van der Waals surface area contributed by atoms with Gasteiger partial charge in [0.2, 0.25) is 11.6 Å². The molecule has 0 bridgehead atoms. The number of rotatable bonds is 1. The minimum Gasteiger partial charge on any atom is -0.358 e. The van der Waals surface area contributed by atoms with E-state index >= 15 is 0 Å². The number of aromatic nitrogens is 7. The molecule has 2 N–H and O–H groups in total. The van der Waals surface area contributed by atoms with Crippen LogP contribution in [0.3, 0.4) is 0 Å². The van der Waals surface area contributed by atoms with Crippen LogP contribution in [0.2, 0.25) is 5.02 Å². The number of Topliss-reactive ketones (excluding diaryl/α,β-unsaturated/α-hetero) is 2. The van der Waals surface area contributed by atoms with Crippen LogP contribution in [-0.4, -0.2) is 46.5 Å². The Morgan fingerprint density at radius 2 is 1.20 bits per heavy atom. The first-order chi connectivity index (χ1) is 22.5. The minimum absolute atomic E-state index is 0.332. The van der Waals surface area contributed by atoms with Crippen molar-refractivity contribution in [3.8, 4) is 22.8 Å². The van der Waals surface area contributed by atoms with Crippen LogP contribution in [0.4, 0.5) is 0 Å². The third kappa shape index (κ3) is 4.60. The minimum atomic E-state index is -0.511. The molecule has 224 valence electrons. The van der Waals surface area contributed by atoms with Gasteiger partial charge in [-0.15, -0.1) is 0 Å². The number of nitrogens with one attached hydrogen (secondary N) is 2. The van der Waals surface area contributed by atoms with Gasteiger partial charge in [0, 0.05) is 62.7 Å². The van der Waals surface area contributed by atoms with Gasteiger partial charge in [-0.1, -0.05) is 25.4 Å². The smallest absolute Gasteiger partial charge is 0.235 e. The zero-order valence-electron chi connectivity index (χ0n) is 25.1. The van der Waals surface area contributed by atoms with Gasteiger partial charge in [0.25, 0.3) is 0 Å². The Hall–Kier alpha value is -5.80. The maximum absolute atomic E-state index is 11.8. The highest BCUT2D eigenvalue weighted by atomic mass is 35.5. The van der Waals surface area contributed by atoms with Crippen molar-refractivity contribution in [2.45, 2.75) is 20.8 Å². The Morgan fingerprint density at radius 3 is 1.85 bits per heavy atom. The second-order valence-corrected chi connectivity index (χ2v) is 10.8. The van der Waals surface area contributed by atoms with Crippen molar-refractivity contribution in [2.24, 2.45) is 0 Å². The zero-order valence-corrected chi connectivity index (χ0v) is 25.8. The molecule has 10 heteroatoms. The van der Waals surface area contributed by atoms with Gasteiger partial charge in [-0.05, 0) is 73.7 Å². The summed E-state index contributed by atoms with van der Waals surface area (Å²) < 4.78 is 0. The maximum atomic E-state index is 11.8. The molecule has 9 rings (SSSR count). The lowest BCUT2D eigenvalue weighted by Gasteiger charge is -2.14. The standard InChI is InChI=1S/C22H14ClN5.C12H6N2O2.C2H6/c1-11-17(15-10-12(23)6-7-16(15)26-11)22-27-20-13-4-2-8-24-18(13)19-14(21(20)28-22)5-3-9-25-19;15-11-7-3-1-5-13-9(7)10-8(12(11)16)4-2-6-14-10;1-2/h2-10,26H,1H3,(H,27,28);1-6H;1-2H3.